The monoisotopic (exact) mass is 378 g/mol. The third-order valence-corrected chi connectivity index (χ3v) is 5.42. The predicted octanol–water partition coefficient (Wildman–Crippen LogP) is 1.88. The van der Waals surface area contributed by atoms with Gasteiger partial charge in [0.1, 0.15) is 12.7 Å². The van der Waals surface area contributed by atoms with E-state index in [9.17, 15) is 10.2 Å². The number of β-amino-alcohol motifs (C(OH)–C–C–N with tert-alkyl or cyclic N) is 2. The standard InChI is InChI=1S/C21H34N2O4/c1-26-20-8-7-17(12-23-13-18(24)14-23)11-21(20)27-16-19(25)15-22-9-5-3-2-4-6-10-22/h7-8,11,18-19,24-25H,2-6,9-10,12-16H2,1H3. The van der Waals surface area contributed by atoms with Crippen molar-refractivity contribution in [3.8, 4) is 11.5 Å². The SMILES string of the molecule is COc1ccc(CN2CC(O)C2)cc1OCC(O)CN1CCCCCCC1. The van der Waals surface area contributed by atoms with E-state index in [1.165, 1.54) is 32.1 Å². The van der Waals surface area contributed by atoms with Crippen LogP contribution in [0, 0.1) is 0 Å². The van der Waals surface area contributed by atoms with Crippen molar-refractivity contribution in [2.45, 2.75) is 50.9 Å². The van der Waals surface area contributed by atoms with Crippen molar-refractivity contribution < 1.29 is 19.7 Å². The highest BCUT2D eigenvalue weighted by Gasteiger charge is 2.24. The Morgan fingerprint density at radius 1 is 1.04 bits per heavy atom. The van der Waals surface area contributed by atoms with Gasteiger partial charge in [-0.3, -0.25) is 4.90 Å². The number of aliphatic hydroxyl groups excluding tert-OH is 2. The highest BCUT2D eigenvalue weighted by Crippen LogP contribution is 2.29. The third-order valence-electron chi connectivity index (χ3n) is 5.42. The Morgan fingerprint density at radius 3 is 2.41 bits per heavy atom. The lowest BCUT2D eigenvalue weighted by atomic mass is 10.1. The Hall–Kier alpha value is -1.34. The van der Waals surface area contributed by atoms with Gasteiger partial charge in [-0.1, -0.05) is 25.3 Å². The highest BCUT2D eigenvalue weighted by atomic mass is 16.5. The molecule has 3 rings (SSSR count). The van der Waals surface area contributed by atoms with E-state index in [1.54, 1.807) is 7.11 Å². The lowest BCUT2D eigenvalue weighted by molar-refractivity contribution is -0.00293. The Balaban J connectivity index is 1.50. The van der Waals surface area contributed by atoms with Crippen LogP contribution >= 0.6 is 0 Å². The second-order valence-electron chi connectivity index (χ2n) is 7.87. The van der Waals surface area contributed by atoms with E-state index in [-0.39, 0.29) is 12.7 Å². The molecule has 6 heteroatoms. The molecule has 0 spiro atoms. The molecule has 2 aliphatic heterocycles. The fourth-order valence-corrected chi connectivity index (χ4v) is 3.89. The summed E-state index contributed by atoms with van der Waals surface area (Å²) < 4.78 is 11.3. The Bertz CT molecular complexity index is 569. The molecule has 6 nitrogen and oxygen atoms in total. The number of ether oxygens (including phenoxy) is 2. The molecule has 0 radical (unpaired) electrons. The molecule has 1 aromatic rings. The van der Waals surface area contributed by atoms with Gasteiger partial charge in [-0.15, -0.1) is 0 Å². The van der Waals surface area contributed by atoms with Crippen LogP contribution in [0.5, 0.6) is 11.5 Å². The van der Waals surface area contributed by atoms with Gasteiger partial charge in [-0.25, -0.2) is 0 Å². The van der Waals surface area contributed by atoms with Crippen LogP contribution in [-0.2, 0) is 6.54 Å². The van der Waals surface area contributed by atoms with E-state index in [0.29, 0.717) is 18.0 Å². The molecule has 1 unspecified atom stereocenters. The van der Waals surface area contributed by atoms with Crippen LogP contribution in [0.3, 0.4) is 0 Å². The first-order valence-corrected chi connectivity index (χ1v) is 10.2. The minimum Gasteiger partial charge on any atom is -0.493 e. The van der Waals surface area contributed by atoms with Crippen LogP contribution < -0.4 is 9.47 Å². The molecule has 0 bridgehead atoms. The highest BCUT2D eigenvalue weighted by molar-refractivity contribution is 5.43. The molecule has 0 saturated carbocycles. The summed E-state index contributed by atoms with van der Waals surface area (Å²) in [7, 11) is 1.63. The third kappa shape index (κ3) is 6.35. The average molecular weight is 379 g/mol. The van der Waals surface area contributed by atoms with Gasteiger partial charge in [0.2, 0.25) is 0 Å². The molecule has 1 atom stereocenters. The van der Waals surface area contributed by atoms with Gasteiger partial charge in [-0.2, -0.15) is 0 Å². The number of hydrogen-bond donors (Lipinski definition) is 2. The predicted molar refractivity (Wildman–Crippen MR) is 105 cm³/mol. The summed E-state index contributed by atoms with van der Waals surface area (Å²) in [6.45, 7) is 5.28. The smallest absolute Gasteiger partial charge is 0.161 e. The van der Waals surface area contributed by atoms with E-state index in [1.807, 2.05) is 18.2 Å². The van der Waals surface area contributed by atoms with Gasteiger partial charge in [-0.05, 0) is 43.6 Å². The van der Waals surface area contributed by atoms with Gasteiger partial charge in [0.15, 0.2) is 11.5 Å². The van der Waals surface area contributed by atoms with Crippen LogP contribution in [0.15, 0.2) is 18.2 Å². The summed E-state index contributed by atoms with van der Waals surface area (Å²) in [5, 5.41) is 19.9. The number of benzene rings is 1. The van der Waals surface area contributed by atoms with Crippen molar-refractivity contribution >= 4 is 0 Å². The fraction of sp³-hybridized carbons (Fsp3) is 0.714. The second kappa shape index (κ2) is 10.3. The number of rotatable bonds is 8. The van der Waals surface area contributed by atoms with Crippen molar-refractivity contribution in [2.24, 2.45) is 0 Å². The Kier molecular flexibility index (Phi) is 7.76. The molecule has 27 heavy (non-hydrogen) atoms. The maximum Gasteiger partial charge on any atom is 0.161 e. The summed E-state index contributed by atoms with van der Waals surface area (Å²) in [6.07, 6.45) is 5.65. The Labute approximate surface area is 162 Å². The lowest BCUT2D eigenvalue weighted by Gasteiger charge is -2.35. The summed E-state index contributed by atoms with van der Waals surface area (Å²) in [4.78, 5) is 4.54. The van der Waals surface area contributed by atoms with Crippen LogP contribution in [-0.4, -0.2) is 78.7 Å². The maximum atomic E-state index is 10.4. The molecular weight excluding hydrogens is 344 g/mol. The molecule has 152 valence electrons. The first-order valence-electron chi connectivity index (χ1n) is 10.2. The molecule has 0 aliphatic carbocycles. The molecule has 2 N–H and O–H groups in total. The fourth-order valence-electron chi connectivity index (χ4n) is 3.89. The van der Waals surface area contributed by atoms with Gasteiger partial charge in [0, 0.05) is 26.2 Å². The molecule has 2 saturated heterocycles. The number of likely N-dealkylation sites (tertiary alicyclic amines) is 2. The summed E-state index contributed by atoms with van der Waals surface area (Å²) in [6, 6.07) is 5.91. The van der Waals surface area contributed by atoms with Gasteiger partial charge in [0.05, 0.1) is 13.2 Å². The zero-order chi connectivity index (χ0) is 19.1. The summed E-state index contributed by atoms with van der Waals surface area (Å²) in [5.74, 6) is 1.35. The summed E-state index contributed by atoms with van der Waals surface area (Å²) in [5.41, 5.74) is 1.12. The average Bonchev–Trinajstić information content (AvgIpc) is 2.61. The minimum atomic E-state index is -0.511. The first-order chi connectivity index (χ1) is 13.1. The molecular formula is C21H34N2O4. The first kappa shape index (κ1) is 20.4. The van der Waals surface area contributed by atoms with Crippen molar-refractivity contribution in [3.63, 3.8) is 0 Å². The topological polar surface area (TPSA) is 65.4 Å². The number of methoxy groups -OCH3 is 1. The number of aliphatic hydroxyl groups is 2. The van der Waals surface area contributed by atoms with Crippen LogP contribution in [0.4, 0.5) is 0 Å². The van der Waals surface area contributed by atoms with Crippen LogP contribution in [0.2, 0.25) is 0 Å². The normalized spacial score (nSPS) is 21.1. The number of hydrogen-bond acceptors (Lipinski definition) is 6. The van der Waals surface area contributed by atoms with E-state index in [0.717, 1.165) is 38.3 Å². The van der Waals surface area contributed by atoms with E-state index >= 15 is 0 Å². The molecule has 0 aromatic heterocycles. The van der Waals surface area contributed by atoms with Gasteiger partial charge < -0.3 is 24.6 Å². The molecule has 2 fully saturated rings. The summed E-state index contributed by atoms with van der Waals surface area (Å²) >= 11 is 0. The quantitative estimate of drug-likeness (QED) is 0.720. The molecule has 2 heterocycles. The zero-order valence-corrected chi connectivity index (χ0v) is 16.5. The lowest BCUT2D eigenvalue weighted by Crippen LogP contribution is -2.49. The van der Waals surface area contributed by atoms with E-state index in [4.69, 9.17) is 9.47 Å². The maximum absolute atomic E-state index is 10.4. The Morgan fingerprint density at radius 2 is 1.74 bits per heavy atom. The molecule has 0 amide bonds. The van der Waals surface area contributed by atoms with Gasteiger partial charge in [0.25, 0.3) is 0 Å². The van der Waals surface area contributed by atoms with Gasteiger partial charge >= 0.3 is 0 Å². The van der Waals surface area contributed by atoms with Crippen molar-refractivity contribution in [3.05, 3.63) is 23.8 Å². The van der Waals surface area contributed by atoms with Crippen molar-refractivity contribution in [2.75, 3.05) is 46.4 Å². The van der Waals surface area contributed by atoms with Crippen molar-refractivity contribution in [1.82, 2.24) is 9.80 Å². The number of nitrogens with zero attached hydrogens (tertiary/aromatic N) is 2. The van der Waals surface area contributed by atoms with E-state index in [2.05, 4.69) is 9.80 Å². The largest absolute Gasteiger partial charge is 0.493 e. The molecule has 1 aromatic carbocycles. The van der Waals surface area contributed by atoms with E-state index < -0.39 is 6.10 Å². The zero-order valence-electron chi connectivity index (χ0n) is 16.5. The van der Waals surface area contributed by atoms with Crippen molar-refractivity contribution in [1.29, 1.82) is 0 Å². The van der Waals surface area contributed by atoms with Crippen LogP contribution in [0.1, 0.15) is 37.7 Å². The minimum absolute atomic E-state index is 0.197. The molecule has 2 aliphatic rings. The van der Waals surface area contributed by atoms with Crippen LogP contribution in [0.25, 0.3) is 0 Å². The second-order valence-corrected chi connectivity index (χ2v) is 7.87.